The van der Waals surface area contributed by atoms with Gasteiger partial charge in [-0.2, -0.15) is 9.78 Å². The Bertz CT molecular complexity index is 863. The van der Waals surface area contributed by atoms with Crippen LogP contribution in [0.5, 0.6) is 0 Å². The zero-order valence-corrected chi connectivity index (χ0v) is 14.4. The third-order valence-electron chi connectivity index (χ3n) is 3.86. The lowest BCUT2D eigenvalue weighted by Crippen LogP contribution is -2.14. The summed E-state index contributed by atoms with van der Waals surface area (Å²) in [6.45, 7) is 6.03. The van der Waals surface area contributed by atoms with Gasteiger partial charge in [0.25, 0.3) is 5.91 Å². The molecule has 0 unspecified atom stereocenters. The SMILES string of the molecule is CCCc1c(C)nn(C(=O)c2sc3ccccc3c2Cl)c1C. The maximum atomic E-state index is 12.9. The molecule has 0 N–H and O–H groups in total. The Morgan fingerprint density at radius 1 is 1.32 bits per heavy atom. The van der Waals surface area contributed by atoms with E-state index >= 15 is 0 Å². The molecule has 0 bridgehead atoms. The number of fused-ring (bicyclic) bond motifs is 1. The first-order chi connectivity index (χ1) is 10.5. The number of aryl methyl sites for hydroxylation is 1. The lowest BCUT2D eigenvalue weighted by molar-refractivity contribution is 0.0946. The second kappa shape index (κ2) is 5.86. The molecule has 0 atom stereocenters. The van der Waals surface area contributed by atoms with E-state index in [-0.39, 0.29) is 5.91 Å². The molecule has 3 nitrogen and oxygen atoms in total. The van der Waals surface area contributed by atoms with E-state index in [4.69, 9.17) is 11.6 Å². The van der Waals surface area contributed by atoms with E-state index in [2.05, 4.69) is 12.0 Å². The molecule has 0 aliphatic heterocycles. The Labute approximate surface area is 138 Å². The van der Waals surface area contributed by atoms with Crippen molar-refractivity contribution in [1.29, 1.82) is 0 Å². The normalized spacial score (nSPS) is 11.3. The van der Waals surface area contributed by atoms with E-state index in [1.165, 1.54) is 16.0 Å². The number of hydrogen-bond acceptors (Lipinski definition) is 3. The summed E-state index contributed by atoms with van der Waals surface area (Å²) in [6.07, 6.45) is 1.97. The van der Waals surface area contributed by atoms with Gasteiger partial charge in [0.15, 0.2) is 0 Å². The van der Waals surface area contributed by atoms with Crippen molar-refractivity contribution in [3.63, 3.8) is 0 Å². The van der Waals surface area contributed by atoms with Crippen LogP contribution in [0.4, 0.5) is 0 Å². The highest BCUT2D eigenvalue weighted by Gasteiger charge is 2.22. The molecule has 114 valence electrons. The van der Waals surface area contributed by atoms with Gasteiger partial charge in [0.1, 0.15) is 4.88 Å². The van der Waals surface area contributed by atoms with Gasteiger partial charge in [-0.3, -0.25) is 4.79 Å². The molecule has 0 saturated heterocycles. The second-order valence-electron chi connectivity index (χ2n) is 5.36. The molecule has 0 aliphatic rings. The van der Waals surface area contributed by atoms with Crippen LogP contribution in [0.2, 0.25) is 5.02 Å². The topological polar surface area (TPSA) is 34.9 Å². The fourth-order valence-electron chi connectivity index (χ4n) is 2.73. The minimum absolute atomic E-state index is 0.144. The molecule has 5 heteroatoms. The van der Waals surface area contributed by atoms with Crippen LogP contribution in [0.1, 0.15) is 40.0 Å². The largest absolute Gasteiger partial charge is 0.290 e. The average molecular weight is 333 g/mol. The summed E-state index contributed by atoms with van der Waals surface area (Å²) >= 11 is 7.83. The minimum atomic E-state index is -0.144. The summed E-state index contributed by atoms with van der Waals surface area (Å²) in [6, 6.07) is 7.80. The first-order valence-electron chi connectivity index (χ1n) is 7.31. The van der Waals surface area contributed by atoms with Gasteiger partial charge in [0.05, 0.1) is 10.7 Å². The highest BCUT2D eigenvalue weighted by atomic mass is 35.5. The molecule has 0 saturated carbocycles. The number of hydrogen-bond donors (Lipinski definition) is 0. The first-order valence-corrected chi connectivity index (χ1v) is 8.50. The second-order valence-corrected chi connectivity index (χ2v) is 6.79. The molecular weight excluding hydrogens is 316 g/mol. The van der Waals surface area contributed by atoms with Gasteiger partial charge in [-0.15, -0.1) is 11.3 Å². The van der Waals surface area contributed by atoms with Crippen molar-refractivity contribution in [2.75, 3.05) is 0 Å². The molecule has 0 spiro atoms. The predicted octanol–water partition coefficient (Wildman–Crippen LogP) is 5.01. The van der Waals surface area contributed by atoms with Crippen LogP contribution in [-0.2, 0) is 6.42 Å². The average Bonchev–Trinajstić information content (AvgIpc) is 2.99. The lowest BCUT2D eigenvalue weighted by atomic mass is 10.1. The third kappa shape index (κ3) is 2.36. The number of aromatic nitrogens is 2. The maximum Gasteiger partial charge on any atom is 0.290 e. The van der Waals surface area contributed by atoms with E-state index in [0.717, 1.165) is 39.9 Å². The number of rotatable bonds is 3. The number of thiophene rings is 1. The predicted molar refractivity (Wildman–Crippen MR) is 92.3 cm³/mol. The number of carbonyl (C=O) groups excluding carboxylic acids is 1. The fourth-order valence-corrected chi connectivity index (χ4v) is 4.17. The van der Waals surface area contributed by atoms with E-state index in [0.29, 0.717) is 9.90 Å². The van der Waals surface area contributed by atoms with Gasteiger partial charge in [0, 0.05) is 15.8 Å². The molecule has 0 radical (unpaired) electrons. The Hall–Kier alpha value is -1.65. The Morgan fingerprint density at radius 3 is 2.73 bits per heavy atom. The zero-order chi connectivity index (χ0) is 15.9. The van der Waals surface area contributed by atoms with E-state index in [1.807, 2.05) is 38.1 Å². The van der Waals surface area contributed by atoms with Crippen molar-refractivity contribution >= 4 is 38.9 Å². The highest BCUT2D eigenvalue weighted by Crippen LogP contribution is 2.35. The van der Waals surface area contributed by atoms with Crippen LogP contribution >= 0.6 is 22.9 Å². The Morgan fingerprint density at radius 2 is 2.05 bits per heavy atom. The van der Waals surface area contributed by atoms with Crippen LogP contribution < -0.4 is 0 Å². The standard InChI is InChI=1S/C17H17ClN2OS/c1-4-7-12-10(2)19-20(11(12)3)17(21)16-15(18)13-8-5-6-9-14(13)22-16/h5-6,8-9H,4,7H2,1-3H3. The smallest absolute Gasteiger partial charge is 0.266 e. The third-order valence-corrected chi connectivity index (χ3v) is 5.53. The van der Waals surface area contributed by atoms with Crippen molar-refractivity contribution in [2.45, 2.75) is 33.6 Å². The molecule has 2 heterocycles. The minimum Gasteiger partial charge on any atom is -0.266 e. The molecular formula is C17H17ClN2OS. The van der Waals surface area contributed by atoms with E-state index in [1.54, 1.807) is 0 Å². The van der Waals surface area contributed by atoms with Crippen LogP contribution in [0.15, 0.2) is 24.3 Å². The van der Waals surface area contributed by atoms with Crippen molar-refractivity contribution in [1.82, 2.24) is 9.78 Å². The van der Waals surface area contributed by atoms with Crippen LogP contribution in [0, 0.1) is 13.8 Å². The van der Waals surface area contributed by atoms with Gasteiger partial charge in [-0.05, 0) is 31.9 Å². The van der Waals surface area contributed by atoms with Gasteiger partial charge >= 0.3 is 0 Å². The summed E-state index contributed by atoms with van der Waals surface area (Å²) < 4.78 is 2.52. The van der Waals surface area contributed by atoms with Crippen molar-refractivity contribution in [2.24, 2.45) is 0 Å². The molecule has 22 heavy (non-hydrogen) atoms. The molecule has 3 rings (SSSR count). The molecule has 1 aromatic carbocycles. The molecule has 0 fully saturated rings. The number of benzene rings is 1. The summed E-state index contributed by atoms with van der Waals surface area (Å²) in [4.78, 5) is 13.4. The quantitative estimate of drug-likeness (QED) is 0.675. The lowest BCUT2D eigenvalue weighted by Gasteiger charge is -2.03. The van der Waals surface area contributed by atoms with E-state index < -0.39 is 0 Å². The van der Waals surface area contributed by atoms with Gasteiger partial charge < -0.3 is 0 Å². The molecule has 0 aliphatic carbocycles. The summed E-state index contributed by atoms with van der Waals surface area (Å²) in [5, 5.41) is 5.88. The van der Waals surface area contributed by atoms with Crippen molar-refractivity contribution < 1.29 is 4.79 Å². The Balaban J connectivity index is 2.10. The van der Waals surface area contributed by atoms with Crippen LogP contribution in [0.25, 0.3) is 10.1 Å². The zero-order valence-electron chi connectivity index (χ0n) is 12.8. The van der Waals surface area contributed by atoms with Gasteiger partial charge in [-0.1, -0.05) is 43.1 Å². The maximum absolute atomic E-state index is 12.9. The van der Waals surface area contributed by atoms with Crippen molar-refractivity contribution in [3.05, 3.63) is 51.1 Å². The highest BCUT2D eigenvalue weighted by molar-refractivity contribution is 7.21. The Kier molecular flexibility index (Phi) is 4.06. The van der Waals surface area contributed by atoms with Crippen LogP contribution in [-0.4, -0.2) is 15.7 Å². The first kappa shape index (κ1) is 15.3. The molecule has 3 aromatic rings. The monoisotopic (exact) mass is 332 g/mol. The van der Waals surface area contributed by atoms with Gasteiger partial charge in [0.2, 0.25) is 0 Å². The summed E-state index contributed by atoms with van der Waals surface area (Å²) in [7, 11) is 0. The van der Waals surface area contributed by atoms with Crippen LogP contribution in [0.3, 0.4) is 0 Å². The number of halogens is 1. The van der Waals surface area contributed by atoms with Gasteiger partial charge in [-0.25, -0.2) is 0 Å². The molecule has 2 aromatic heterocycles. The van der Waals surface area contributed by atoms with Crippen molar-refractivity contribution in [3.8, 4) is 0 Å². The summed E-state index contributed by atoms with van der Waals surface area (Å²) in [5.74, 6) is -0.144. The van der Waals surface area contributed by atoms with E-state index in [9.17, 15) is 4.79 Å². The number of carbonyl (C=O) groups is 1. The fraction of sp³-hybridized carbons (Fsp3) is 0.294. The summed E-state index contributed by atoms with van der Waals surface area (Å²) in [5.41, 5.74) is 3.00. The number of nitrogens with zero attached hydrogens (tertiary/aromatic N) is 2. The molecule has 0 amide bonds.